The Kier molecular flexibility index (Phi) is 6.14. The molecule has 0 aliphatic rings. The van der Waals surface area contributed by atoms with Gasteiger partial charge in [-0.05, 0) is 36.8 Å². The van der Waals surface area contributed by atoms with Crippen LogP contribution in [0.1, 0.15) is 28.4 Å². The average Bonchev–Trinajstić information content (AvgIpc) is 2.71. The van der Waals surface area contributed by atoms with Crippen LogP contribution in [0, 0.1) is 17.3 Å². The first-order valence-corrected chi connectivity index (χ1v) is 9.17. The first-order valence-electron chi connectivity index (χ1n) is 8.80. The van der Waals surface area contributed by atoms with Gasteiger partial charge >= 0.3 is 5.97 Å². The number of pyridine rings is 2. The summed E-state index contributed by atoms with van der Waals surface area (Å²) in [6.45, 7) is 1.97. The van der Waals surface area contributed by atoms with E-state index in [2.05, 4.69) is 4.98 Å². The van der Waals surface area contributed by atoms with Crippen LogP contribution in [0.3, 0.4) is 0 Å². The first-order chi connectivity index (χ1) is 14.3. The van der Waals surface area contributed by atoms with Crippen molar-refractivity contribution in [1.82, 2.24) is 9.55 Å². The summed E-state index contributed by atoms with van der Waals surface area (Å²) in [5.74, 6) is -1.96. The van der Waals surface area contributed by atoms with Gasteiger partial charge in [0.25, 0.3) is 0 Å². The minimum absolute atomic E-state index is 0.0567. The van der Waals surface area contributed by atoms with Crippen LogP contribution >= 0.6 is 11.6 Å². The number of carbonyl (C=O) groups is 1. The number of rotatable bonds is 6. The molecule has 9 heteroatoms. The molecule has 0 aliphatic carbocycles. The smallest absolute Gasteiger partial charge is 0.341 e. The summed E-state index contributed by atoms with van der Waals surface area (Å²) in [6, 6.07) is 10.2. The summed E-state index contributed by atoms with van der Waals surface area (Å²) >= 11 is 6.11. The maximum atomic E-state index is 13.3. The van der Waals surface area contributed by atoms with Crippen LogP contribution in [-0.4, -0.2) is 20.6 Å². The van der Waals surface area contributed by atoms with Crippen molar-refractivity contribution in [3.63, 3.8) is 0 Å². The van der Waals surface area contributed by atoms with Crippen LogP contribution < -0.4 is 10.2 Å². The normalized spacial score (nSPS) is 10.5. The fourth-order valence-corrected chi connectivity index (χ4v) is 3.23. The molecule has 7 nitrogen and oxygen atoms in total. The zero-order valence-corrected chi connectivity index (χ0v) is 16.5. The molecule has 0 spiro atoms. The summed E-state index contributed by atoms with van der Waals surface area (Å²) in [6.07, 6.45) is 1.29. The highest BCUT2D eigenvalue weighted by Gasteiger charge is 2.23. The fraction of sp³-hybridized carbons (Fsp3) is 0.143. The van der Waals surface area contributed by atoms with Crippen LogP contribution in [-0.2, 0) is 13.2 Å². The van der Waals surface area contributed by atoms with Crippen molar-refractivity contribution in [1.29, 1.82) is 5.26 Å². The van der Waals surface area contributed by atoms with Crippen molar-refractivity contribution in [3.8, 4) is 23.2 Å². The van der Waals surface area contributed by atoms with Crippen molar-refractivity contribution in [2.75, 3.05) is 0 Å². The Hall–Kier alpha value is -3.70. The van der Waals surface area contributed by atoms with E-state index in [4.69, 9.17) is 21.6 Å². The molecule has 2 aromatic heterocycles. The number of benzene rings is 1. The standard InChI is InChI=1S/C21H15ClFN3O4/c1-2-26-18(30-11-12-5-6-25-17(23)7-12)9-16(27)19(21(28)29)20(26)13-3-4-14(10-24)15(22)8-13/h3-9H,2,11H2,1H3,(H,28,29). The van der Waals surface area contributed by atoms with E-state index in [1.54, 1.807) is 13.0 Å². The molecule has 1 aromatic carbocycles. The van der Waals surface area contributed by atoms with Crippen molar-refractivity contribution in [3.05, 3.63) is 80.5 Å². The molecule has 3 rings (SSSR count). The van der Waals surface area contributed by atoms with Gasteiger partial charge in [-0.1, -0.05) is 17.7 Å². The Balaban J connectivity index is 2.16. The van der Waals surface area contributed by atoms with Gasteiger partial charge in [0.15, 0.2) is 5.88 Å². The zero-order valence-electron chi connectivity index (χ0n) is 15.7. The second-order valence-electron chi connectivity index (χ2n) is 6.20. The lowest BCUT2D eigenvalue weighted by atomic mass is 10.0. The van der Waals surface area contributed by atoms with E-state index in [0.29, 0.717) is 11.1 Å². The Morgan fingerprint density at radius 3 is 2.70 bits per heavy atom. The number of ether oxygens (including phenoxy) is 1. The van der Waals surface area contributed by atoms with Gasteiger partial charge in [-0.15, -0.1) is 0 Å². The molecule has 0 aliphatic heterocycles. The van der Waals surface area contributed by atoms with Gasteiger partial charge in [0.05, 0.1) is 16.3 Å². The maximum absolute atomic E-state index is 13.3. The summed E-state index contributed by atoms with van der Waals surface area (Å²) < 4.78 is 20.5. The quantitative estimate of drug-likeness (QED) is 0.598. The van der Waals surface area contributed by atoms with E-state index >= 15 is 0 Å². The minimum Gasteiger partial charge on any atom is -0.477 e. The van der Waals surface area contributed by atoms with Gasteiger partial charge in [-0.2, -0.15) is 9.65 Å². The van der Waals surface area contributed by atoms with E-state index in [-0.39, 0.29) is 35.3 Å². The highest BCUT2D eigenvalue weighted by atomic mass is 35.5. The lowest BCUT2D eigenvalue weighted by Crippen LogP contribution is -2.22. The monoisotopic (exact) mass is 427 g/mol. The number of hydrogen-bond donors (Lipinski definition) is 1. The molecule has 2 heterocycles. The summed E-state index contributed by atoms with van der Waals surface area (Å²) in [5.41, 5.74) is -0.0493. The van der Waals surface area contributed by atoms with E-state index in [0.717, 1.165) is 6.07 Å². The molecule has 0 saturated heterocycles. The van der Waals surface area contributed by atoms with Gasteiger partial charge < -0.3 is 14.4 Å². The van der Waals surface area contributed by atoms with Crippen LogP contribution in [0.25, 0.3) is 11.3 Å². The molecule has 0 fully saturated rings. The molecular formula is C21H15ClFN3O4. The van der Waals surface area contributed by atoms with Crippen LogP contribution in [0.15, 0.2) is 47.4 Å². The highest BCUT2D eigenvalue weighted by molar-refractivity contribution is 6.32. The van der Waals surface area contributed by atoms with Crippen molar-refractivity contribution in [2.45, 2.75) is 20.1 Å². The molecule has 0 amide bonds. The minimum atomic E-state index is -1.40. The SMILES string of the molecule is CCn1c(OCc2ccnc(F)c2)cc(=O)c(C(=O)O)c1-c1ccc(C#N)c(Cl)c1. The second-order valence-corrected chi connectivity index (χ2v) is 6.61. The fourth-order valence-electron chi connectivity index (χ4n) is 3.01. The third kappa shape index (κ3) is 4.16. The number of hydrogen-bond acceptors (Lipinski definition) is 5. The number of halogens is 2. The van der Waals surface area contributed by atoms with E-state index in [9.17, 15) is 19.1 Å². The molecule has 0 atom stereocenters. The van der Waals surface area contributed by atoms with Crippen molar-refractivity contribution < 1.29 is 19.0 Å². The number of nitriles is 1. The summed E-state index contributed by atoms with van der Waals surface area (Å²) in [5, 5.41) is 18.8. The number of carboxylic acids is 1. The van der Waals surface area contributed by atoms with Gasteiger partial charge in [-0.3, -0.25) is 4.79 Å². The Morgan fingerprint density at radius 1 is 1.33 bits per heavy atom. The Morgan fingerprint density at radius 2 is 2.10 bits per heavy atom. The first kappa shape index (κ1) is 21.0. The van der Waals surface area contributed by atoms with E-state index in [1.807, 2.05) is 6.07 Å². The molecule has 0 radical (unpaired) electrons. The zero-order chi connectivity index (χ0) is 21.8. The molecule has 0 bridgehead atoms. The van der Waals surface area contributed by atoms with Gasteiger partial charge in [0.2, 0.25) is 11.4 Å². The predicted molar refractivity (Wildman–Crippen MR) is 107 cm³/mol. The molecule has 0 saturated carbocycles. The van der Waals surface area contributed by atoms with Gasteiger partial charge in [-0.25, -0.2) is 9.78 Å². The maximum Gasteiger partial charge on any atom is 0.341 e. The molecule has 0 unspecified atom stereocenters. The van der Waals surface area contributed by atoms with Crippen LogP contribution in [0.4, 0.5) is 4.39 Å². The third-order valence-electron chi connectivity index (χ3n) is 4.34. The van der Waals surface area contributed by atoms with E-state index in [1.165, 1.54) is 35.0 Å². The second kappa shape index (κ2) is 8.76. The number of carboxylic acid groups (broad SMARTS) is 1. The lowest BCUT2D eigenvalue weighted by Gasteiger charge is -2.20. The molecule has 3 aromatic rings. The topological polar surface area (TPSA) is 105 Å². The average molecular weight is 428 g/mol. The third-order valence-corrected chi connectivity index (χ3v) is 4.66. The van der Waals surface area contributed by atoms with Crippen LogP contribution in [0.2, 0.25) is 5.02 Å². The summed E-state index contributed by atoms with van der Waals surface area (Å²) in [7, 11) is 0. The van der Waals surface area contributed by atoms with E-state index < -0.39 is 22.9 Å². The lowest BCUT2D eigenvalue weighted by molar-refractivity contribution is 0.0695. The van der Waals surface area contributed by atoms with Gasteiger partial charge in [0, 0.05) is 24.4 Å². The molecule has 30 heavy (non-hydrogen) atoms. The predicted octanol–water partition coefficient (Wildman–Crippen LogP) is 3.87. The Labute approximate surface area is 175 Å². The number of nitrogens with zero attached hydrogens (tertiary/aromatic N) is 3. The highest BCUT2D eigenvalue weighted by Crippen LogP contribution is 2.30. The molecule has 1 N–H and O–H groups in total. The van der Waals surface area contributed by atoms with Crippen molar-refractivity contribution in [2.24, 2.45) is 0 Å². The van der Waals surface area contributed by atoms with Crippen LogP contribution in [0.5, 0.6) is 5.88 Å². The molecule has 152 valence electrons. The van der Waals surface area contributed by atoms with Gasteiger partial charge in [0.1, 0.15) is 18.2 Å². The largest absolute Gasteiger partial charge is 0.477 e. The number of aromatic nitrogens is 2. The number of aromatic carboxylic acids is 1. The molecular weight excluding hydrogens is 413 g/mol. The Bertz CT molecular complexity index is 1230. The van der Waals surface area contributed by atoms with Crippen molar-refractivity contribution >= 4 is 17.6 Å². The summed E-state index contributed by atoms with van der Waals surface area (Å²) in [4.78, 5) is 27.9.